The molecule has 24 heavy (non-hydrogen) atoms. The third-order valence-electron chi connectivity index (χ3n) is 3.33. The summed E-state index contributed by atoms with van der Waals surface area (Å²) in [6.45, 7) is 0. The second kappa shape index (κ2) is 6.49. The summed E-state index contributed by atoms with van der Waals surface area (Å²) in [6.07, 6.45) is 0. The fourth-order valence-corrected chi connectivity index (χ4v) is 2.08. The van der Waals surface area contributed by atoms with Crippen LogP contribution in [0.2, 0.25) is 0 Å². The third kappa shape index (κ3) is 3.40. The Labute approximate surface area is 137 Å². The number of hydrogen-bond acceptors (Lipinski definition) is 5. The highest BCUT2D eigenvalue weighted by Gasteiger charge is 2.16. The van der Waals surface area contributed by atoms with Crippen LogP contribution in [0.1, 0.15) is 10.7 Å². The number of carbonyl (C=O) groups is 1. The number of rotatable bonds is 4. The maximum atomic E-state index is 13.2. The number of amides is 1. The van der Waals surface area contributed by atoms with Gasteiger partial charge in [-0.3, -0.25) is 4.79 Å². The smallest absolute Gasteiger partial charge is 0.313 e. The minimum absolute atomic E-state index is 0.0857. The SMILES string of the molecule is CN(C)c1ccc(NC(=O)c2nnc(-c3cccc(F)c3)o2)cc1. The third-order valence-corrected chi connectivity index (χ3v) is 3.33. The summed E-state index contributed by atoms with van der Waals surface area (Å²) in [4.78, 5) is 14.1. The van der Waals surface area contributed by atoms with Crippen molar-refractivity contribution in [2.45, 2.75) is 0 Å². The molecule has 0 saturated heterocycles. The van der Waals surface area contributed by atoms with Gasteiger partial charge in [-0.25, -0.2) is 4.39 Å². The predicted octanol–water partition coefficient (Wildman–Crippen LogP) is 3.19. The first-order valence-corrected chi connectivity index (χ1v) is 7.21. The minimum atomic E-state index is -0.525. The molecule has 1 aromatic heterocycles. The number of nitrogens with one attached hydrogen (secondary N) is 1. The molecule has 0 aliphatic rings. The van der Waals surface area contributed by atoms with Crippen molar-refractivity contribution in [1.82, 2.24) is 10.2 Å². The largest absolute Gasteiger partial charge is 0.412 e. The maximum Gasteiger partial charge on any atom is 0.313 e. The zero-order valence-corrected chi connectivity index (χ0v) is 13.2. The van der Waals surface area contributed by atoms with E-state index in [2.05, 4.69) is 15.5 Å². The predicted molar refractivity (Wildman–Crippen MR) is 88.4 cm³/mol. The molecule has 0 atom stereocenters. The fraction of sp³-hybridized carbons (Fsp3) is 0.118. The highest BCUT2D eigenvalue weighted by Crippen LogP contribution is 2.20. The molecular weight excluding hydrogens is 311 g/mol. The van der Waals surface area contributed by atoms with E-state index in [4.69, 9.17) is 4.42 Å². The van der Waals surface area contributed by atoms with Crippen LogP contribution < -0.4 is 10.2 Å². The summed E-state index contributed by atoms with van der Waals surface area (Å²) in [5.41, 5.74) is 2.03. The van der Waals surface area contributed by atoms with Crippen LogP contribution in [-0.4, -0.2) is 30.2 Å². The van der Waals surface area contributed by atoms with Gasteiger partial charge in [0.1, 0.15) is 5.82 Å². The topological polar surface area (TPSA) is 71.3 Å². The molecule has 0 aliphatic carbocycles. The van der Waals surface area contributed by atoms with Gasteiger partial charge in [-0.2, -0.15) is 0 Å². The number of nitrogens with zero attached hydrogens (tertiary/aromatic N) is 3. The lowest BCUT2D eigenvalue weighted by atomic mass is 10.2. The first-order chi connectivity index (χ1) is 11.5. The van der Waals surface area contributed by atoms with Crippen LogP contribution in [0.5, 0.6) is 0 Å². The Balaban J connectivity index is 1.74. The first-order valence-electron chi connectivity index (χ1n) is 7.21. The molecule has 0 saturated carbocycles. The molecule has 0 spiro atoms. The van der Waals surface area contributed by atoms with Gasteiger partial charge in [0.25, 0.3) is 0 Å². The molecule has 2 aromatic carbocycles. The van der Waals surface area contributed by atoms with Gasteiger partial charge in [-0.1, -0.05) is 6.07 Å². The highest BCUT2D eigenvalue weighted by molar-refractivity contribution is 6.01. The highest BCUT2D eigenvalue weighted by atomic mass is 19.1. The Kier molecular flexibility index (Phi) is 4.24. The van der Waals surface area contributed by atoms with Gasteiger partial charge in [-0.15, -0.1) is 10.2 Å². The quantitative estimate of drug-likeness (QED) is 0.797. The van der Waals surface area contributed by atoms with E-state index in [1.54, 1.807) is 18.2 Å². The van der Waals surface area contributed by atoms with Gasteiger partial charge in [0.2, 0.25) is 5.89 Å². The molecule has 0 unspecified atom stereocenters. The van der Waals surface area contributed by atoms with E-state index in [0.717, 1.165) is 5.69 Å². The monoisotopic (exact) mass is 326 g/mol. The van der Waals surface area contributed by atoms with Crippen molar-refractivity contribution >= 4 is 17.3 Å². The average Bonchev–Trinajstić information content (AvgIpc) is 3.05. The van der Waals surface area contributed by atoms with Gasteiger partial charge in [0, 0.05) is 31.0 Å². The van der Waals surface area contributed by atoms with Crippen LogP contribution in [0, 0.1) is 5.82 Å². The van der Waals surface area contributed by atoms with Crippen molar-refractivity contribution in [3.8, 4) is 11.5 Å². The first kappa shape index (κ1) is 15.7. The lowest BCUT2D eigenvalue weighted by Crippen LogP contribution is -2.13. The fourth-order valence-electron chi connectivity index (χ4n) is 2.08. The maximum absolute atomic E-state index is 13.2. The minimum Gasteiger partial charge on any atom is -0.412 e. The summed E-state index contributed by atoms with van der Waals surface area (Å²) < 4.78 is 18.5. The molecule has 1 amide bonds. The zero-order chi connectivity index (χ0) is 17.1. The second-order valence-electron chi connectivity index (χ2n) is 5.32. The number of carbonyl (C=O) groups excluding carboxylic acids is 1. The Hall–Kier alpha value is -3.22. The molecule has 3 aromatic rings. The van der Waals surface area contributed by atoms with E-state index in [9.17, 15) is 9.18 Å². The number of anilines is 2. The van der Waals surface area contributed by atoms with Gasteiger partial charge in [-0.05, 0) is 42.5 Å². The summed E-state index contributed by atoms with van der Waals surface area (Å²) >= 11 is 0. The Bertz CT molecular complexity index is 859. The summed E-state index contributed by atoms with van der Waals surface area (Å²) in [5.74, 6) is -1.05. The second-order valence-corrected chi connectivity index (χ2v) is 5.32. The van der Waals surface area contributed by atoms with Crippen LogP contribution in [0.25, 0.3) is 11.5 Å². The van der Waals surface area contributed by atoms with Crippen LogP contribution >= 0.6 is 0 Å². The molecule has 6 nitrogen and oxygen atoms in total. The van der Waals surface area contributed by atoms with E-state index >= 15 is 0 Å². The number of benzene rings is 2. The molecule has 0 radical (unpaired) electrons. The van der Waals surface area contributed by atoms with Crippen molar-refractivity contribution in [2.24, 2.45) is 0 Å². The normalized spacial score (nSPS) is 10.5. The van der Waals surface area contributed by atoms with Crippen molar-refractivity contribution < 1.29 is 13.6 Å². The van der Waals surface area contributed by atoms with Crippen LogP contribution in [0.3, 0.4) is 0 Å². The van der Waals surface area contributed by atoms with Crippen LogP contribution in [0.4, 0.5) is 15.8 Å². The zero-order valence-electron chi connectivity index (χ0n) is 13.2. The summed E-state index contributed by atoms with van der Waals surface area (Å²) in [5, 5.41) is 10.2. The summed E-state index contributed by atoms with van der Waals surface area (Å²) in [7, 11) is 3.86. The van der Waals surface area contributed by atoms with Crippen molar-refractivity contribution in [3.63, 3.8) is 0 Å². The van der Waals surface area contributed by atoms with Crippen molar-refractivity contribution in [3.05, 3.63) is 60.2 Å². The molecular formula is C17H15FN4O2. The van der Waals surface area contributed by atoms with E-state index in [1.165, 1.54) is 18.2 Å². The van der Waals surface area contributed by atoms with Crippen LogP contribution in [0.15, 0.2) is 52.9 Å². The van der Waals surface area contributed by atoms with Gasteiger partial charge in [0.15, 0.2) is 0 Å². The van der Waals surface area contributed by atoms with E-state index in [0.29, 0.717) is 11.3 Å². The van der Waals surface area contributed by atoms with Gasteiger partial charge >= 0.3 is 11.8 Å². The Morgan fingerprint density at radius 1 is 1.12 bits per heavy atom. The van der Waals surface area contributed by atoms with Crippen molar-refractivity contribution in [1.29, 1.82) is 0 Å². The van der Waals surface area contributed by atoms with Crippen molar-refractivity contribution in [2.75, 3.05) is 24.3 Å². The molecule has 1 N–H and O–H groups in total. The number of hydrogen-bond donors (Lipinski definition) is 1. The van der Waals surface area contributed by atoms with Gasteiger partial charge in [0.05, 0.1) is 0 Å². The Morgan fingerprint density at radius 2 is 1.88 bits per heavy atom. The molecule has 1 heterocycles. The lowest BCUT2D eigenvalue weighted by Gasteiger charge is -2.12. The van der Waals surface area contributed by atoms with E-state index < -0.39 is 11.7 Å². The average molecular weight is 326 g/mol. The molecule has 0 fully saturated rings. The summed E-state index contributed by atoms with van der Waals surface area (Å²) in [6, 6.07) is 13.0. The Morgan fingerprint density at radius 3 is 2.54 bits per heavy atom. The molecule has 0 bridgehead atoms. The van der Waals surface area contributed by atoms with Gasteiger partial charge < -0.3 is 14.6 Å². The molecule has 0 aliphatic heterocycles. The molecule has 3 rings (SSSR count). The number of halogens is 1. The number of aromatic nitrogens is 2. The lowest BCUT2D eigenvalue weighted by molar-refractivity contribution is 0.0991. The molecule has 122 valence electrons. The van der Waals surface area contributed by atoms with E-state index in [1.807, 2.05) is 31.1 Å². The standard InChI is InChI=1S/C17H15FN4O2/c1-22(2)14-8-6-13(7-9-14)19-15(23)17-21-20-16(24-17)11-4-3-5-12(18)10-11/h3-10H,1-2H3,(H,19,23). The van der Waals surface area contributed by atoms with E-state index in [-0.39, 0.29) is 11.8 Å². The molecule has 7 heteroatoms. The van der Waals surface area contributed by atoms with Crippen LogP contribution in [-0.2, 0) is 0 Å².